The van der Waals surface area contributed by atoms with Gasteiger partial charge in [0.25, 0.3) is 8.32 Å². The molecular formula is C41H44O10Si. The minimum Gasteiger partial charge on any atom is -0.452 e. The largest absolute Gasteiger partial charge is 0.452 e. The molecule has 7 rings (SSSR count). The Labute approximate surface area is 305 Å². The molecule has 0 amide bonds. The Kier molecular flexibility index (Phi) is 10.7. The summed E-state index contributed by atoms with van der Waals surface area (Å²) >= 11 is 0. The Hall–Kier alpha value is -4.20. The first-order valence-corrected chi connectivity index (χ1v) is 19.5. The van der Waals surface area contributed by atoms with E-state index in [1.807, 2.05) is 48.5 Å². The van der Waals surface area contributed by atoms with Gasteiger partial charge >= 0.3 is 11.9 Å². The molecule has 3 saturated heterocycles. The number of ether oxygens (including phenoxy) is 7. The summed E-state index contributed by atoms with van der Waals surface area (Å²) in [4.78, 5) is 27.3. The molecule has 0 spiro atoms. The van der Waals surface area contributed by atoms with Gasteiger partial charge in [-0.15, -0.1) is 0 Å². The van der Waals surface area contributed by atoms with Gasteiger partial charge in [0.2, 0.25) is 0 Å². The molecular weight excluding hydrogens is 681 g/mol. The first-order chi connectivity index (χ1) is 25.2. The number of carbonyl (C=O) groups is 2. The highest BCUT2D eigenvalue weighted by Gasteiger charge is 2.60. The summed E-state index contributed by atoms with van der Waals surface area (Å²) in [7, 11) is -1.49. The van der Waals surface area contributed by atoms with Crippen LogP contribution in [0, 0.1) is 0 Å². The number of carbonyl (C=O) groups excluding carboxylic acids is 2. The van der Waals surface area contributed by atoms with Gasteiger partial charge in [0, 0.05) is 7.11 Å². The molecule has 52 heavy (non-hydrogen) atoms. The highest BCUT2D eigenvalue weighted by atomic mass is 28.4. The maximum Gasteiger partial charge on any atom is 0.338 e. The van der Waals surface area contributed by atoms with Crippen LogP contribution in [0.3, 0.4) is 0 Å². The number of fused-ring (bicyclic) bond motifs is 1. The second kappa shape index (κ2) is 15.4. The molecule has 3 aliphatic heterocycles. The number of hydrogen-bond acceptors (Lipinski definition) is 10. The first kappa shape index (κ1) is 36.2. The number of benzene rings is 4. The van der Waals surface area contributed by atoms with Crippen molar-refractivity contribution >= 4 is 30.6 Å². The Morgan fingerprint density at radius 2 is 1.08 bits per heavy atom. The molecule has 0 unspecified atom stereocenters. The van der Waals surface area contributed by atoms with Crippen molar-refractivity contribution in [2.45, 2.75) is 75.0 Å². The smallest absolute Gasteiger partial charge is 0.338 e. The van der Waals surface area contributed by atoms with Crippen molar-refractivity contribution in [2.24, 2.45) is 0 Å². The van der Waals surface area contributed by atoms with E-state index in [-0.39, 0.29) is 30.5 Å². The van der Waals surface area contributed by atoms with E-state index in [0.717, 1.165) is 10.4 Å². The SMILES string of the molecule is CO[C@H]1O[C@H](CO[C@H]2O[C@H](CO[Si](c3ccccc3)(c3ccccc3)C(C)(C)C)[C@@H](OC(=O)c3ccccc3)[C@@H]2OC(=O)c2ccccc2)[C@@H]2O[C@H]12. The van der Waals surface area contributed by atoms with Crippen molar-refractivity contribution in [3.05, 3.63) is 132 Å². The molecule has 3 fully saturated rings. The molecule has 3 heterocycles. The maximum absolute atomic E-state index is 13.7. The molecule has 8 atom stereocenters. The highest BCUT2D eigenvalue weighted by molar-refractivity contribution is 6.99. The first-order valence-electron chi connectivity index (χ1n) is 17.6. The van der Waals surface area contributed by atoms with Crippen LogP contribution in [0.5, 0.6) is 0 Å². The lowest BCUT2D eigenvalue weighted by atomic mass is 10.1. The number of hydrogen-bond donors (Lipinski definition) is 0. The van der Waals surface area contributed by atoms with Gasteiger partial charge in [-0.25, -0.2) is 9.59 Å². The second-order valence-electron chi connectivity index (χ2n) is 14.2. The molecule has 0 aromatic heterocycles. The van der Waals surface area contributed by atoms with Gasteiger partial charge in [0.05, 0.1) is 24.3 Å². The minimum atomic E-state index is -3.05. The van der Waals surface area contributed by atoms with Crippen LogP contribution in [-0.4, -0.2) is 89.8 Å². The van der Waals surface area contributed by atoms with E-state index in [0.29, 0.717) is 11.1 Å². The fourth-order valence-corrected chi connectivity index (χ4v) is 11.8. The van der Waals surface area contributed by atoms with Gasteiger partial charge in [-0.3, -0.25) is 0 Å². The van der Waals surface area contributed by atoms with Gasteiger partial charge in [-0.2, -0.15) is 0 Å². The van der Waals surface area contributed by atoms with Crippen molar-refractivity contribution in [1.82, 2.24) is 0 Å². The van der Waals surface area contributed by atoms with Crippen LogP contribution in [0.15, 0.2) is 121 Å². The van der Waals surface area contributed by atoms with Gasteiger partial charge in [-0.1, -0.05) is 118 Å². The summed E-state index contributed by atoms with van der Waals surface area (Å²) in [5.74, 6) is -1.21. The Bertz CT molecular complexity index is 1750. The highest BCUT2D eigenvalue weighted by Crippen LogP contribution is 2.41. The molecule has 11 heteroatoms. The molecule has 0 N–H and O–H groups in total. The van der Waals surface area contributed by atoms with Crippen molar-refractivity contribution in [3.63, 3.8) is 0 Å². The molecule has 3 aliphatic rings. The van der Waals surface area contributed by atoms with Crippen molar-refractivity contribution in [1.29, 1.82) is 0 Å². The minimum absolute atomic E-state index is 0.0127. The van der Waals surface area contributed by atoms with Crippen LogP contribution < -0.4 is 10.4 Å². The molecule has 0 saturated carbocycles. The summed E-state index contributed by atoms with van der Waals surface area (Å²) < 4.78 is 49.7. The van der Waals surface area contributed by atoms with Gasteiger partial charge in [-0.05, 0) is 39.7 Å². The monoisotopic (exact) mass is 724 g/mol. The van der Waals surface area contributed by atoms with Crippen LogP contribution in [0.4, 0.5) is 0 Å². The Balaban J connectivity index is 1.23. The van der Waals surface area contributed by atoms with Crippen molar-refractivity contribution in [3.8, 4) is 0 Å². The van der Waals surface area contributed by atoms with E-state index in [4.69, 9.17) is 37.6 Å². The number of esters is 2. The summed E-state index contributed by atoms with van der Waals surface area (Å²) in [5.41, 5.74) is 0.672. The van der Waals surface area contributed by atoms with Crippen LogP contribution >= 0.6 is 0 Å². The summed E-state index contributed by atoms with van der Waals surface area (Å²) in [6.45, 7) is 6.62. The van der Waals surface area contributed by atoms with Crippen LogP contribution in [0.2, 0.25) is 5.04 Å². The van der Waals surface area contributed by atoms with Crippen molar-refractivity contribution < 1.29 is 47.2 Å². The van der Waals surface area contributed by atoms with E-state index in [9.17, 15) is 9.59 Å². The molecule has 0 radical (unpaired) electrons. The molecule has 0 aliphatic carbocycles. The fourth-order valence-electron chi connectivity index (χ4n) is 7.22. The summed E-state index contributed by atoms with van der Waals surface area (Å²) in [6.07, 6.45) is -5.53. The third-order valence-electron chi connectivity index (χ3n) is 9.82. The zero-order valence-corrected chi connectivity index (χ0v) is 30.7. The zero-order chi connectivity index (χ0) is 36.3. The predicted octanol–water partition coefficient (Wildman–Crippen LogP) is 4.89. The number of rotatable bonds is 13. The standard InChI is InChI=1S/C41H44O10Si/c1-41(2,3)52(29-21-13-7-14-22-29,30-23-15-8-16-24-30)46-26-32-34(50-37(42)27-17-9-5-10-18-27)36(51-38(43)28-19-11-6-12-20-28)40(48-32)45-25-31-33-35(49-33)39(44-4)47-31/h5-24,31-36,39-40H,25-26H2,1-4H3/t31-,32-,33+,34-,35+,36+,39+,40+/m1/s1. The van der Waals surface area contributed by atoms with Gasteiger partial charge < -0.3 is 37.6 Å². The summed E-state index contributed by atoms with van der Waals surface area (Å²) in [5, 5.41) is 1.82. The van der Waals surface area contributed by atoms with E-state index in [1.165, 1.54) is 0 Å². The fraction of sp³-hybridized carbons (Fsp3) is 0.366. The lowest BCUT2D eigenvalue weighted by molar-refractivity contribution is -0.211. The number of methoxy groups -OCH3 is 1. The van der Waals surface area contributed by atoms with E-state index < -0.39 is 57.3 Å². The van der Waals surface area contributed by atoms with Crippen LogP contribution in [0.25, 0.3) is 0 Å². The number of epoxide rings is 1. The average Bonchev–Trinajstić information content (AvgIpc) is 3.80. The van der Waals surface area contributed by atoms with Gasteiger partial charge in [0.15, 0.2) is 24.8 Å². The topological polar surface area (TPSA) is 111 Å². The molecule has 272 valence electrons. The molecule has 10 nitrogen and oxygen atoms in total. The molecule has 4 aromatic carbocycles. The average molecular weight is 725 g/mol. The molecule has 4 aromatic rings. The van der Waals surface area contributed by atoms with E-state index in [2.05, 4.69) is 45.0 Å². The summed E-state index contributed by atoms with van der Waals surface area (Å²) in [6, 6.07) is 37.7. The van der Waals surface area contributed by atoms with Crippen LogP contribution in [-0.2, 0) is 37.6 Å². The Morgan fingerprint density at radius 1 is 0.596 bits per heavy atom. The van der Waals surface area contributed by atoms with Crippen molar-refractivity contribution in [2.75, 3.05) is 20.3 Å². The lowest BCUT2D eigenvalue weighted by Crippen LogP contribution is -2.67. The second-order valence-corrected chi connectivity index (χ2v) is 18.5. The predicted molar refractivity (Wildman–Crippen MR) is 194 cm³/mol. The Morgan fingerprint density at radius 3 is 1.56 bits per heavy atom. The third kappa shape index (κ3) is 7.35. The molecule has 0 bridgehead atoms. The zero-order valence-electron chi connectivity index (χ0n) is 29.7. The third-order valence-corrected chi connectivity index (χ3v) is 14.8. The van der Waals surface area contributed by atoms with Gasteiger partial charge in [0.1, 0.15) is 24.4 Å². The van der Waals surface area contributed by atoms with E-state index >= 15 is 0 Å². The maximum atomic E-state index is 13.7. The lowest BCUT2D eigenvalue weighted by Gasteiger charge is -2.43. The van der Waals surface area contributed by atoms with Crippen LogP contribution in [0.1, 0.15) is 41.5 Å². The quantitative estimate of drug-likeness (QED) is 0.107. The van der Waals surface area contributed by atoms with E-state index in [1.54, 1.807) is 55.6 Å². The normalized spacial score (nSPS) is 26.8.